The lowest BCUT2D eigenvalue weighted by Gasteiger charge is -2.21. The van der Waals surface area contributed by atoms with Gasteiger partial charge in [0.2, 0.25) is 0 Å². The van der Waals surface area contributed by atoms with Crippen molar-refractivity contribution in [2.24, 2.45) is 5.73 Å². The minimum atomic E-state index is 0.234. The molecule has 17 heavy (non-hydrogen) atoms. The third-order valence-electron chi connectivity index (χ3n) is 3.51. The van der Waals surface area contributed by atoms with E-state index >= 15 is 0 Å². The van der Waals surface area contributed by atoms with E-state index in [0.717, 1.165) is 23.6 Å². The Bertz CT molecular complexity index is 388. The number of rotatable bonds is 5. The van der Waals surface area contributed by atoms with Crippen LogP contribution in [0.25, 0.3) is 0 Å². The first-order valence-electron chi connectivity index (χ1n) is 6.38. The number of nitrogens with two attached hydrogens (primary N) is 1. The van der Waals surface area contributed by atoms with Crippen LogP contribution in [0.5, 0.6) is 0 Å². The maximum absolute atomic E-state index is 6.34. The highest BCUT2D eigenvalue weighted by Gasteiger charge is 2.27. The van der Waals surface area contributed by atoms with Gasteiger partial charge in [-0.15, -0.1) is 0 Å². The number of anilines is 1. The molecule has 1 aromatic rings. The molecule has 2 rings (SSSR count). The van der Waals surface area contributed by atoms with Crippen LogP contribution >= 0.6 is 11.6 Å². The Balaban J connectivity index is 2.10. The third-order valence-corrected chi connectivity index (χ3v) is 3.81. The maximum Gasteiger partial charge on any atom is 0.0642 e. The van der Waals surface area contributed by atoms with E-state index in [9.17, 15) is 0 Å². The van der Waals surface area contributed by atoms with Crippen LogP contribution in [0.2, 0.25) is 5.02 Å². The van der Waals surface area contributed by atoms with E-state index in [0.29, 0.717) is 6.04 Å². The van der Waals surface area contributed by atoms with Crippen molar-refractivity contribution in [2.45, 2.75) is 44.7 Å². The van der Waals surface area contributed by atoms with Crippen molar-refractivity contribution < 1.29 is 0 Å². The smallest absolute Gasteiger partial charge is 0.0642 e. The number of hydrogen-bond donors (Lipinski definition) is 1. The van der Waals surface area contributed by atoms with Crippen molar-refractivity contribution in [3.8, 4) is 0 Å². The minimum absolute atomic E-state index is 0.234. The Labute approximate surface area is 109 Å². The van der Waals surface area contributed by atoms with Crippen LogP contribution in [0.4, 0.5) is 5.69 Å². The van der Waals surface area contributed by atoms with Crippen molar-refractivity contribution in [2.75, 3.05) is 11.9 Å². The van der Waals surface area contributed by atoms with Crippen LogP contribution in [-0.2, 0) is 6.42 Å². The molecule has 1 aromatic carbocycles. The fraction of sp³-hybridized carbons (Fsp3) is 0.571. The topological polar surface area (TPSA) is 29.3 Å². The van der Waals surface area contributed by atoms with E-state index in [1.165, 1.54) is 18.4 Å². The molecule has 2 N–H and O–H groups in total. The van der Waals surface area contributed by atoms with E-state index in [4.69, 9.17) is 17.3 Å². The quantitative estimate of drug-likeness (QED) is 0.872. The van der Waals surface area contributed by atoms with Crippen molar-refractivity contribution in [3.63, 3.8) is 0 Å². The van der Waals surface area contributed by atoms with Crippen LogP contribution in [0, 0.1) is 0 Å². The molecular formula is C14H21ClN2. The molecule has 94 valence electrons. The zero-order chi connectivity index (χ0) is 12.4. The Hall–Kier alpha value is -0.730. The molecule has 0 spiro atoms. The van der Waals surface area contributed by atoms with Gasteiger partial charge in [-0.1, -0.05) is 24.6 Å². The first-order valence-corrected chi connectivity index (χ1v) is 6.76. The molecule has 1 saturated carbocycles. The second kappa shape index (κ2) is 5.28. The minimum Gasteiger partial charge on any atom is -0.370 e. The van der Waals surface area contributed by atoms with Crippen LogP contribution in [0.3, 0.4) is 0 Å². The van der Waals surface area contributed by atoms with Gasteiger partial charge < -0.3 is 10.6 Å². The predicted octanol–water partition coefficient (Wildman–Crippen LogP) is 3.22. The summed E-state index contributed by atoms with van der Waals surface area (Å²) < 4.78 is 0. The van der Waals surface area contributed by atoms with Crippen LogP contribution < -0.4 is 10.6 Å². The summed E-state index contributed by atoms with van der Waals surface area (Å²) in [5.41, 5.74) is 8.33. The monoisotopic (exact) mass is 252 g/mol. The summed E-state index contributed by atoms with van der Waals surface area (Å²) in [5, 5.41) is 0.847. The van der Waals surface area contributed by atoms with Gasteiger partial charge in [-0.3, -0.25) is 0 Å². The standard InChI is InChI=1S/C14H21ClN2/c1-3-11(16)8-10-4-7-14(13(15)9-10)17(2)12-5-6-12/h4,7,9,11-12H,3,5-6,8,16H2,1-2H3. The van der Waals surface area contributed by atoms with Crippen LogP contribution in [0.15, 0.2) is 18.2 Å². The Morgan fingerprint density at radius 3 is 2.71 bits per heavy atom. The molecule has 0 aliphatic heterocycles. The number of nitrogens with zero attached hydrogens (tertiary/aromatic N) is 1. The van der Waals surface area contributed by atoms with Gasteiger partial charge >= 0.3 is 0 Å². The molecule has 2 nitrogen and oxygen atoms in total. The van der Waals surface area contributed by atoms with Crippen molar-refractivity contribution >= 4 is 17.3 Å². The Morgan fingerprint density at radius 2 is 2.18 bits per heavy atom. The van der Waals surface area contributed by atoms with Gasteiger partial charge in [0.25, 0.3) is 0 Å². The lowest BCUT2D eigenvalue weighted by molar-refractivity contribution is 0.646. The molecule has 0 saturated heterocycles. The van der Waals surface area contributed by atoms with Gasteiger partial charge in [-0.05, 0) is 43.4 Å². The Kier molecular flexibility index (Phi) is 3.95. The zero-order valence-corrected chi connectivity index (χ0v) is 11.4. The molecule has 3 heteroatoms. The van der Waals surface area contributed by atoms with Gasteiger partial charge in [-0.25, -0.2) is 0 Å². The fourth-order valence-corrected chi connectivity index (χ4v) is 2.41. The largest absolute Gasteiger partial charge is 0.370 e. The molecule has 0 heterocycles. The number of benzene rings is 1. The summed E-state index contributed by atoms with van der Waals surface area (Å²) in [6.07, 6.45) is 4.48. The van der Waals surface area contributed by atoms with E-state index < -0.39 is 0 Å². The molecular weight excluding hydrogens is 232 g/mol. The van der Waals surface area contributed by atoms with Crippen LogP contribution in [-0.4, -0.2) is 19.1 Å². The molecule has 1 aliphatic rings. The molecule has 1 fully saturated rings. The number of hydrogen-bond acceptors (Lipinski definition) is 2. The lowest BCUT2D eigenvalue weighted by atomic mass is 10.0. The van der Waals surface area contributed by atoms with E-state index in [1.54, 1.807) is 0 Å². The average molecular weight is 253 g/mol. The highest BCUT2D eigenvalue weighted by molar-refractivity contribution is 6.33. The van der Waals surface area contributed by atoms with E-state index in [1.807, 2.05) is 0 Å². The summed E-state index contributed by atoms with van der Waals surface area (Å²) in [4.78, 5) is 2.28. The molecule has 0 radical (unpaired) electrons. The van der Waals surface area contributed by atoms with Gasteiger partial charge in [-0.2, -0.15) is 0 Å². The van der Waals surface area contributed by atoms with Crippen molar-refractivity contribution in [3.05, 3.63) is 28.8 Å². The summed E-state index contributed by atoms with van der Waals surface area (Å²) in [7, 11) is 2.12. The van der Waals surface area contributed by atoms with Gasteiger partial charge in [0.15, 0.2) is 0 Å². The second-order valence-corrected chi connectivity index (χ2v) is 5.41. The highest BCUT2D eigenvalue weighted by Crippen LogP contribution is 2.34. The first kappa shape index (κ1) is 12.7. The molecule has 0 amide bonds. The second-order valence-electron chi connectivity index (χ2n) is 5.00. The lowest BCUT2D eigenvalue weighted by Crippen LogP contribution is -2.22. The summed E-state index contributed by atoms with van der Waals surface area (Å²) >= 11 is 6.34. The molecule has 1 atom stereocenters. The van der Waals surface area contributed by atoms with Crippen LogP contribution in [0.1, 0.15) is 31.7 Å². The zero-order valence-electron chi connectivity index (χ0n) is 10.6. The summed E-state index contributed by atoms with van der Waals surface area (Å²) in [5.74, 6) is 0. The highest BCUT2D eigenvalue weighted by atomic mass is 35.5. The maximum atomic E-state index is 6.34. The number of halogens is 1. The molecule has 1 aliphatic carbocycles. The van der Waals surface area contributed by atoms with E-state index in [2.05, 4.69) is 37.1 Å². The third kappa shape index (κ3) is 3.14. The normalized spacial score (nSPS) is 16.9. The molecule has 1 unspecified atom stereocenters. The van der Waals surface area contributed by atoms with Crippen molar-refractivity contribution in [1.82, 2.24) is 0 Å². The fourth-order valence-electron chi connectivity index (χ4n) is 2.07. The molecule has 0 bridgehead atoms. The van der Waals surface area contributed by atoms with Gasteiger partial charge in [0.05, 0.1) is 10.7 Å². The SMILES string of the molecule is CCC(N)Cc1ccc(N(C)C2CC2)c(Cl)c1. The predicted molar refractivity (Wildman–Crippen MR) is 74.8 cm³/mol. The van der Waals surface area contributed by atoms with Gasteiger partial charge in [0, 0.05) is 19.1 Å². The average Bonchev–Trinajstić information content (AvgIpc) is 3.12. The Morgan fingerprint density at radius 1 is 1.47 bits per heavy atom. The molecule has 0 aromatic heterocycles. The van der Waals surface area contributed by atoms with Gasteiger partial charge in [0.1, 0.15) is 0 Å². The summed E-state index contributed by atoms with van der Waals surface area (Å²) in [6, 6.07) is 7.26. The summed E-state index contributed by atoms with van der Waals surface area (Å²) in [6.45, 7) is 2.11. The van der Waals surface area contributed by atoms with Crippen molar-refractivity contribution in [1.29, 1.82) is 0 Å². The first-order chi connectivity index (χ1) is 8.11. The van der Waals surface area contributed by atoms with E-state index in [-0.39, 0.29) is 6.04 Å².